The first-order valence-electron chi connectivity index (χ1n) is 20.6. The highest BCUT2D eigenvalue weighted by Crippen LogP contribution is 2.50. The lowest BCUT2D eigenvalue weighted by Crippen LogP contribution is -2.51. The maximum Gasteiger partial charge on any atom is 0.407 e. The van der Waals surface area contributed by atoms with E-state index in [1.54, 1.807) is 55.5 Å². The Morgan fingerprint density at radius 2 is 1.70 bits per heavy atom. The molecule has 346 valence electrons. The van der Waals surface area contributed by atoms with Gasteiger partial charge in [-0.1, -0.05) is 56.3 Å². The van der Waals surface area contributed by atoms with E-state index in [0.717, 1.165) is 9.87 Å². The van der Waals surface area contributed by atoms with Crippen molar-refractivity contribution in [3.05, 3.63) is 83.9 Å². The Kier molecular flexibility index (Phi) is 17.9. The van der Waals surface area contributed by atoms with Crippen molar-refractivity contribution in [1.82, 2.24) is 9.62 Å². The van der Waals surface area contributed by atoms with Gasteiger partial charge in [0.15, 0.2) is 30.2 Å². The van der Waals surface area contributed by atoms with Crippen molar-refractivity contribution in [2.45, 2.75) is 89.6 Å². The Balaban J connectivity index is 1.35. The number of esters is 2. The van der Waals surface area contributed by atoms with Crippen molar-refractivity contribution in [2.24, 2.45) is 11.8 Å². The van der Waals surface area contributed by atoms with Crippen LogP contribution in [-0.4, -0.2) is 113 Å². The highest BCUT2D eigenvalue weighted by atomic mass is 32.2. The van der Waals surface area contributed by atoms with Crippen molar-refractivity contribution in [2.75, 3.05) is 46.4 Å². The minimum atomic E-state index is -4.33. The third-order valence-electron chi connectivity index (χ3n) is 9.97. The van der Waals surface area contributed by atoms with Gasteiger partial charge in [0.25, 0.3) is 0 Å². The Morgan fingerprint density at radius 3 is 2.37 bits per heavy atom. The number of methoxy groups -OCH3 is 1. The summed E-state index contributed by atoms with van der Waals surface area (Å²) in [6.07, 6.45) is -4.52. The van der Waals surface area contributed by atoms with Crippen LogP contribution in [0.1, 0.15) is 52.2 Å². The van der Waals surface area contributed by atoms with Crippen LogP contribution < -0.4 is 19.5 Å². The van der Waals surface area contributed by atoms with E-state index < -0.39 is 79.2 Å². The zero-order valence-corrected chi connectivity index (χ0v) is 37.9. The molecule has 0 saturated carbocycles. The average Bonchev–Trinajstić information content (AvgIpc) is 3.87. The molecule has 2 aliphatic heterocycles. The first-order chi connectivity index (χ1) is 30.0. The van der Waals surface area contributed by atoms with Crippen LogP contribution in [0.4, 0.5) is 4.79 Å². The van der Waals surface area contributed by atoms with E-state index in [1.165, 1.54) is 39.2 Å². The molecule has 1 amide bonds. The van der Waals surface area contributed by atoms with Gasteiger partial charge in [-0.15, -0.1) is 0 Å². The minimum Gasteiger partial charge on any atom is -0.493 e. The number of rotatable bonds is 23. The first-order valence-corrected chi connectivity index (χ1v) is 23.8. The molecule has 2 aliphatic rings. The molecule has 3 aromatic rings. The largest absolute Gasteiger partial charge is 0.493 e. The lowest BCUT2D eigenvalue weighted by Gasteiger charge is -2.31. The smallest absolute Gasteiger partial charge is 0.407 e. The number of fused-ring (bicyclic) bond motifs is 1. The van der Waals surface area contributed by atoms with E-state index in [9.17, 15) is 32.5 Å². The van der Waals surface area contributed by atoms with Gasteiger partial charge in [0.2, 0.25) is 10.0 Å². The molecule has 0 bridgehead atoms. The second-order valence-electron chi connectivity index (χ2n) is 15.4. The lowest BCUT2D eigenvalue weighted by atomic mass is 10.0. The Bertz CT molecular complexity index is 2140. The fourth-order valence-corrected chi connectivity index (χ4v) is 9.94. The first kappa shape index (κ1) is 49.4. The number of hydrogen-bond acceptors (Lipinski definition) is 16. The second-order valence-corrected chi connectivity index (χ2v) is 19.3. The van der Waals surface area contributed by atoms with Crippen LogP contribution in [0.3, 0.4) is 0 Å². The van der Waals surface area contributed by atoms with Crippen LogP contribution in [0, 0.1) is 11.8 Å². The number of carbonyl (C=O) groups is 3. The van der Waals surface area contributed by atoms with Crippen LogP contribution in [0.25, 0.3) is 0 Å². The van der Waals surface area contributed by atoms with Crippen molar-refractivity contribution >= 4 is 35.7 Å². The average molecular weight is 921 g/mol. The molecule has 63 heavy (non-hydrogen) atoms. The highest BCUT2D eigenvalue weighted by molar-refractivity contribution is 7.89. The second kappa shape index (κ2) is 22.9. The summed E-state index contributed by atoms with van der Waals surface area (Å²) < 4.78 is 93.0. The number of hydrogen-bond donors (Lipinski definition) is 2. The summed E-state index contributed by atoms with van der Waals surface area (Å²) >= 11 is 0. The molecule has 2 heterocycles. The van der Waals surface area contributed by atoms with Crippen LogP contribution in [0.2, 0.25) is 0 Å². The molecular weight excluding hydrogens is 864 g/mol. The number of carbonyl (C=O) groups excluding carboxylic acids is 3. The molecule has 20 heteroatoms. The van der Waals surface area contributed by atoms with Crippen LogP contribution in [0.15, 0.2) is 77.7 Å². The van der Waals surface area contributed by atoms with Gasteiger partial charge in [0.1, 0.15) is 11.9 Å². The number of nitrogens with one attached hydrogen (secondary N) is 1. The minimum absolute atomic E-state index is 0.000422. The van der Waals surface area contributed by atoms with Gasteiger partial charge in [0, 0.05) is 26.1 Å². The lowest BCUT2D eigenvalue weighted by molar-refractivity contribution is -0.151. The van der Waals surface area contributed by atoms with Gasteiger partial charge >= 0.3 is 25.6 Å². The number of alkyl carbamates (subject to hydrolysis) is 1. The topological polar surface area (TPSA) is 221 Å². The number of benzene rings is 3. The quantitative estimate of drug-likeness (QED) is 0.0687. The Labute approximate surface area is 367 Å². The summed E-state index contributed by atoms with van der Waals surface area (Å²) in [6, 6.07) is 18.2. The van der Waals surface area contributed by atoms with Crippen molar-refractivity contribution in [1.29, 1.82) is 0 Å². The number of aliphatic hydroxyl groups is 1. The molecule has 2 saturated heterocycles. The van der Waals surface area contributed by atoms with Crippen molar-refractivity contribution < 1.29 is 74.7 Å². The summed E-state index contributed by atoms with van der Waals surface area (Å²) in [5, 5.41) is 14.6. The number of ether oxygens (including phenoxy) is 7. The van der Waals surface area contributed by atoms with E-state index in [1.807, 2.05) is 19.9 Å². The van der Waals surface area contributed by atoms with Crippen molar-refractivity contribution in [3.8, 4) is 17.2 Å². The molecule has 2 unspecified atom stereocenters. The van der Waals surface area contributed by atoms with E-state index >= 15 is 0 Å². The third kappa shape index (κ3) is 14.2. The molecule has 7 atom stereocenters. The Hall–Kier alpha value is -4.59. The highest BCUT2D eigenvalue weighted by Gasteiger charge is 2.44. The van der Waals surface area contributed by atoms with Crippen molar-refractivity contribution in [3.63, 3.8) is 0 Å². The van der Waals surface area contributed by atoms with Gasteiger partial charge in [-0.25, -0.2) is 18.0 Å². The molecular formula is C43H57N2O16PS. The molecule has 2 fully saturated rings. The number of nitrogens with zero attached hydrogens (tertiary/aromatic N) is 1. The number of sulfonamides is 1. The third-order valence-corrected chi connectivity index (χ3v) is 13.4. The van der Waals surface area contributed by atoms with Gasteiger partial charge < -0.3 is 48.1 Å². The molecule has 18 nitrogen and oxygen atoms in total. The number of aliphatic hydroxyl groups excluding tert-OH is 1. The van der Waals surface area contributed by atoms with Gasteiger partial charge in [0.05, 0.1) is 56.5 Å². The predicted molar refractivity (Wildman–Crippen MR) is 227 cm³/mol. The maximum absolute atomic E-state index is 14.2. The zero-order chi connectivity index (χ0) is 45.7. The SMILES string of the molecule is CCOC(=O)C(C)OP(=O)(COc1ccc(C[C@H](NC(=O)O[C@H]2CO[C@H]3OCC[C@H]32)[C@H](O)CN(CC(C)C)S(=O)(=O)c2ccc(OC)c(OC(C)=O)c2)cc1)OCc1ccccc1. The summed E-state index contributed by atoms with van der Waals surface area (Å²) in [4.78, 5) is 37.4. The molecule has 0 radical (unpaired) electrons. The van der Waals surface area contributed by atoms with Gasteiger partial charge in [-0.2, -0.15) is 4.31 Å². The molecule has 0 spiro atoms. The summed E-state index contributed by atoms with van der Waals surface area (Å²) in [6.45, 7) is 8.00. The molecule has 0 aliphatic carbocycles. The zero-order valence-electron chi connectivity index (χ0n) is 36.2. The molecule has 0 aromatic heterocycles. The summed E-state index contributed by atoms with van der Waals surface area (Å²) in [7, 11) is -7.04. The van der Waals surface area contributed by atoms with Crippen LogP contribution in [0.5, 0.6) is 17.2 Å². The van der Waals surface area contributed by atoms with Gasteiger partial charge in [-0.3, -0.25) is 13.9 Å². The molecule has 3 aromatic carbocycles. The summed E-state index contributed by atoms with van der Waals surface area (Å²) in [5.41, 5.74) is 1.31. The fraction of sp³-hybridized carbons (Fsp3) is 0.512. The number of amides is 1. The standard InChI is InChI=1S/C43H57N2O16PS/c1-7-54-41(48)29(4)61-62(50,58-25-32-11-9-8-10-12-32)27-57-33-15-13-31(14-16-33)21-36(44-43(49)60-40-26-56-42-35(40)19-20-55-42)37(47)24-45(23-28(2)3)63(51,52)34-17-18-38(53-6)39(22-34)59-30(5)46/h8-18,22,28-29,35-37,40,42,47H,7,19-21,23-27H2,1-6H3,(H,44,49)/t29?,35-,36-,37+,40-,42+,62?/m0/s1. The predicted octanol–water partition coefficient (Wildman–Crippen LogP) is 5.44. The summed E-state index contributed by atoms with van der Waals surface area (Å²) in [5.74, 6) is -1.44. The van der Waals surface area contributed by atoms with Crippen LogP contribution >= 0.6 is 7.60 Å². The molecule has 5 rings (SSSR count). The van der Waals surface area contributed by atoms with E-state index in [-0.39, 0.29) is 66.8 Å². The fourth-order valence-electron chi connectivity index (χ4n) is 6.89. The monoisotopic (exact) mass is 920 g/mol. The van der Waals surface area contributed by atoms with Crippen LogP contribution in [-0.2, 0) is 65.2 Å². The van der Waals surface area contributed by atoms with E-state index in [4.69, 9.17) is 42.2 Å². The Morgan fingerprint density at radius 1 is 0.968 bits per heavy atom. The molecule has 2 N–H and O–H groups in total. The van der Waals surface area contributed by atoms with E-state index in [2.05, 4.69) is 5.32 Å². The normalized spacial score (nSPS) is 19.7. The van der Waals surface area contributed by atoms with Gasteiger partial charge in [-0.05, 0) is 68.0 Å². The maximum atomic E-state index is 14.2. The van der Waals surface area contributed by atoms with E-state index in [0.29, 0.717) is 18.6 Å².